The summed E-state index contributed by atoms with van der Waals surface area (Å²) >= 11 is 0. The van der Waals surface area contributed by atoms with E-state index in [0.29, 0.717) is 0 Å². The maximum Gasteiger partial charge on any atom is 0.333 e. The number of aliphatic imine (C=N–C) groups is 3. The molecule has 204 valence electrons. The second kappa shape index (κ2) is 11.1. The third kappa shape index (κ3) is 4.99. The molecular formula is C26H36N8O4. The molecule has 12 heteroatoms. The molecule has 3 saturated carbocycles. The molecule has 0 spiro atoms. The van der Waals surface area contributed by atoms with Crippen molar-refractivity contribution < 1.29 is 19.1 Å². The van der Waals surface area contributed by atoms with E-state index in [1.807, 2.05) is 9.80 Å². The molecule has 5 aliphatic rings. The third-order valence-corrected chi connectivity index (χ3v) is 8.77. The summed E-state index contributed by atoms with van der Waals surface area (Å²) in [5.74, 6) is 1.48. The highest BCUT2D eigenvalue weighted by Crippen LogP contribution is 2.34. The number of nitrogens with zero attached hydrogens (tertiary/aromatic N) is 8. The summed E-state index contributed by atoms with van der Waals surface area (Å²) in [6.07, 6.45) is 13.3. The number of hydrogen-bond acceptors (Lipinski definition) is 8. The van der Waals surface area contributed by atoms with Crippen LogP contribution in [0.4, 0.5) is 9.59 Å². The van der Waals surface area contributed by atoms with Gasteiger partial charge in [0.15, 0.2) is 0 Å². The second-order valence-corrected chi connectivity index (χ2v) is 11.1. The molecule has 0 N–H and O–H groups in total. The number of amides is 4. The lowest BCUT2D eigenvalue weighted by Gasteiger charge is -2.48. The SMILES string of the molecule is CN1C(=O)N(C2CCC(N=C=O)CC2)C1=NC1CCC(N2C(=O)N(C)C2=NC2CCC(OC#N)CC2)CC1. The average Bonchev–Trinajstić information content (AvgIpc) is 2.95. The zero-order valence-electron chi connectivity index (χ0n) is 22.2. The van der Waals surface area contributed by atoms with Crippen LogP contribution in [0.2, 0.25) is 0 Å². The van der Waals surface area contributed by atoms with E-state index in [9.17, 15) is 14.4 Å². The van der Waals surface area contributed by atoms with Gasteiger partial charge in [-0.1, -0.05) is 0 Å². The van der Waals surface area contributed by atoms with Gasteiger partial charge in [0.05, 0.1) is 18.1 Å². The zero-order chi connectivity index (χ0) is 26.8. The topological polar surface area (TPSA) is 134 Å². The molecule has 2 saturated heterocycles. The van der Waals surface area contributed by atoms with Crippen LogP contribution in [-0.4, -0.2) is 100 Å². The van der Waals surface area contributed by atoms with Gasteiger partial charge in [-0.3, -0.25) is 19.6 Å². The first-order valence-corrected chi connectivity index (χ1v) is 13.8. The predicted octanol–water partition coefficient (Wildman–Crippen LogP) is 3.20. The van der Waals surface area contributed by atoms with Crippen molar-refractivity contribution in [2.75, 3.05) is 14.1 Å². The predicted molar refractivity (Wildman–Crippen MR) is 138 cm³/mol. The van der Waals surface area contributed by atoms with Crippen molar-refractivity contribution in [2.24, 2.45) is 15.0 Å². The highest BCUT2D eigenvalue weighted by molar-refractivity contribution is 6.14. The van der Waals surface area contributed by atoms with Crippen LogP contribution in [0, 0.1) is 11.5 Å². The van der Waals surface area contributed by atoms with Gasteiger partial charge in [-0.25, -0.2) is 29.4 Å². The molecule has 0 unspecified atom stereocenters. The molecule has 0 bridgehead atoms. The summed E-state index contributed by atoms with van der Waals surface area (Å²) in [6.45, 7) is 0. The molecule has 38 heavy (non-hydrogen) atoms. The summed E-state index contributed by atoms with van der Waals surface area (Å²) in [7, 11) is 3.54. The lowest BCUT2D eigenvalue weighted by molar-refractivity contribution is 0.111. The van der Waals surface area contributed by atoms with Crippen molar-refractivity contribution in [3.63, 3.8) is 0 Å². The average molecular weight is 525 g/mol. The Balaban J connectivity index is 1.16. The fourth-order valence-corrected chi connectivity index (χ4v) is 6.49. The van der Waals surface area contributed by atoms with Crippen LogP contribution in [0.5, 0.6) is 0 Å². The Bertz CT molecular complexity index is 1070. The Morgan fingerprint density at radius 3 is 1.55 bits per heavy atom. The van der Waals surface area contributed by atoms with Gasteiger partial charge < -0.3 is 4.74 Å². The first-order valence-electron chi connectivity index (χ1n) is 13.8. The Morgan fingerprint density at radius 1 is 0.711 bits per heavy atom. The normalized spacial score (nSPS) is 35.9. The van der Waals surface area contributed by atoms with Crippen molar-refractivity contribution in [2.45, 2.75) is 113 Å². The van der Waals surface area contributed by atoms with Gasteiger partial charge in [0.1, 0.15) is 6.10 Å². The van der Waals surface area contributed by atoms with Crippen molar-refractivity contribution in [1.82, 2.24) is 19.6 Å². The summed E-state index contributed by atoms with van der Waals surface area (Å²) in [6, 6.07) is 0.438. The van der Waals surface area contributed by atoms with Crippen LogP contribution in [0.1, 0.15) is 77.0 Å². The molecule has 0 atom stereocenters. The largest absolute Gasteiger partial charge is 0.424 e. The number of guanidine groups is 2. The number of isocyanates is 1. The van der Waals surface area contributed by atoms with Crippen LogP contribution in [0.15, 0.2) is 15.0 Å². The van der Waals surface area contributed by atoms with Crippen molar-refractivity contribution in [1.29, 1.82) is 5.26 Å². The number of rotatable bonds is 6. The molecule has 5 rings (SSSR count). The van der Waals surface area contributed by atoms with E-state index in [2.05, 4.69) is 4.99 Å². The first-order chi connectivity index (χ1) is 18.4. The molecule has 12 nitrogen and oxygen atoms in total. The third-order valence-electron chi connectivity index (χ3n) is 8.77. The molecule has 0 radical (unpaired) electrons. The van der Waals surface area contributed by atoms with Crippen LogP contribution < -0.4 is 0 Å². The quantitative estimate of drug-likeness (QED) is 0.299. The summed E-state index contributed by atoms with van der Waals surface area (Å²) < 4.78 is 5.08. The van der Waals surface area contributed by atoms with Crippen LogP contribution >= 0.6 is 0 Å². The lowest BCUT2D eigenvalue weighted by Crippen LogP contribution is -2.67. The van der Waals surface area contributed by atoms with Gasteiger partial charge in [-0.2, -0.15) is 5.26 Å². The molecule has 0 aromatic carbocycles. The van der Waals surface area contributed by atoms with Crippen LogP contribution in [0.3, 0.4) is 0 Å². The van der Waals surface area contributed by atoms with E-state index in [-0.39, 0.29) is 48.4 Å². The standard InChI is InChI=1S/C26H36N8O4/c1-31-23(33(25(31)36)20-9-3-17(4-10-20)28-16-35)29-18-5-11-21(12-6-18)34-24(32(2)26(34)37)30-19-7-13-22(14-8-19)38-15-27/h17-22H,3-14H2,1-2H3. The van der Waals surface area contributed by atoms with Crippen LogP contribution in [-0.2, 0) is 9.53 Å². The summed E-state index contributed by atoms with van der Waals surface area (Å²) in [4.78, 5) is 56.6. The van der Waals surface area contributed by atoms with E-state index in [1.54, 1.807) is 36.2 Å². The number of ether oxygens (including phenoxy) is 1. The van der Waals surface area contributed by atoms with E-state index in [0.717, 1.165) is 89.0 Å². The van der Waals surface area contributed by atoms with Gasteiger partial charge in [-0.05, 0) is 77.0 Å². The van der Waals surface area contributed by atoms with Crippen molar-refractivity contribution in [3.8, 4) is 6.26 Å². The van der Waals surface area contributed by atoms with Crippen LogP contribution in [0.25, 0.3) is 0 Å². The molecular weight excluding hydrogens is 488 g/mol. The smallest absolute Gasteiger partial charge is 0.333 e. The number of urea groups is 2. The molecule has 2 aliphatic heterocycles. The van der Waals surface area contributed by atoms with Gasteiger partial charge in [0.2, 0.25) is 18.0 Å². The van der Waals surface area contributed by atoms with Gasteiger partial charge in [0, 0.05) is 26.2 Å². The highest BCUT2D eigenvalue weighted by Gasteiger charge is 2.47. The monoisotopic (exact) mass is 524 g/mol. The number of hydrogen-bond donors (Lipinski definition) is 0. The molecule has 4 amide bonds. The Kier molecular flexibility index (Phi) is 7.65. The fourth-order valence-electron chi connectivity index (χ4n) is 6.49. The maximum atomic E-state index is 12.7. The van der Waals surface area contributed by atoms with E-state index < -0.39 is 0 Å². The molecule has 5 fully saturated rings. The maximum absolute atomic E-state index is 12.7. The van der Waals surface area contributed by atoms with E-state index in [4.69, 9.17) is 20.0 Å². The van der Waals surface area contributed by atoms with Gasteiger partial charge in [-0.15, -0.1) is 0 Å². The number of carbonyl (C=O) groups is 2. The second-order valence-electron chi connectivity index (χ2n) is 11.1. The number of carbonyl (C=O) groups excluding carboxylic acids is 3. The minimum atomic E-state index is -0.0249. The molecule has 2 heterocycles. The minimum absolute atomic E-state index is 0.00923. The van der Waals surface area contributed by atoms with Crippen molar-refractivity contribution >= 4 is 30.1 Å². The van der Waals surface area contributed by atoms with E-state index >= 15 is 0 Å². The Hall–Kier alpha value is -3.45. The number of nitriles is 1. The summed E-state index contributed by atoms with van der Waals surface area (Å²) in [5, 5.41) is 8.73. The molecule has 0 aromatic rings. The summed E-state index contributed by atoms with van der Waals surface area (Å²) in [5.41, 5.74) is 0. The van der Waals surface area contributed by atoms with Crippen molar-refractivity contribution in [3.05, 3.63) is 0 Å². The molecule has 0 aromatic heterocycles. The Morgan fingerprint density at radius 2 is 1.13 bits per heavy atom. The van der Waals surface area contributed by atoms with Gasteiger partial charge in [0.25, 0.3) is 6.26 Å². The molecule has 3 aliphatic carbocycles. The van der Waals surface area contributed by atoms with E-state index in [1.165, 1.54) is 0 Å². The fraction of sp³-hybridized carbons (Fsp3) is 0.769. The lowest BCUT2D eigenvalue weighted by atomic mass is 9.89. The highest BCUT2D eigenvalue weighted by atomic mass is 16.5. The van der Waals surface area contributed by atoms with Gasteiger partial charge >= 0.3 is 12.1 Å². The first kappa shape index (κ1) is 26.2. The Labute approximate surface area is 223 Å². The zero-order valence-corrected chi connectivity index (χ0v) is 22.2. The minimum Gasteiger partial charge on any atom is -0.424 e.